The summed E-state index contributed by atoms with van der Waals surface area (Å²) in [5.41, 5.74) is 2.74. The van der Waals surface area contributed by atoms with E-state index in [2.05, 4.69) is 25.3 Å². The highest BCUT2D eigenvalue weighted by Gasteiger charge is 2.09. The summed E-state index contributed by atoms with van der Waals surface area (Å²) in [6.45, 7) is 0.649. The third-order valence-corrected chi connectivity index (χ3v) is 3.68. The van der Waals surface area contributed by atoms with E-state index in [-0.39, 0.29) is 0 Å². The summed E-state index contributed by atoms with van der Waals surface area (Å²) in [5.74, 6) is 1.41. The Labute approximate surface area is 139 Å². The summed E-state index contributed by atoms with van der Waals surface area (Å²) in [7, 11) is 0. The van der Waals surface area contributed by atoms with Gasteiger partial charge in [0.15, 0.2) is 5.82 Å². The fourth-order valence-corrected chi connectivity index (χ4v) is 2.51. The summed E-state index contributed by atoms with van der Waals surface area (Å²) >= 11 is 0. The molecule has 3 aromatic heterocycles. The Morgan fingerprint density at radius 1 is 0.833 bits per heavy atom. The lowest BCUT2D eigenvalue weighted by atomic mass is 10.2. The molecule has 24 heavy (non-hydrogen) atoms. The molecule has 1 aromatic carbocycles. The molecule has 0 saturated heterocycles. The van der Waals surface area contributed by atoms with Gasteiger partial charge in [0.1, 0.15) is 11.5 Å². The van der Waals surface area contributed by atoms with Crippen molar-refractivity contribution in [2.24, 2.45) is 0 Å². The zero-order valence-electron chi connectivity index (χ0n) is 12.9. The molecule has 0 spiro atoms. The van der Waals surface area contributed by atoms with Crippen LogP contribution in [0.5, 0.6) is 0 Å². The molecule has 4 rings (SSSR count). The maximum absolute atomic E-state index is 4.68. The number of hydrogen-bond acceptors (Lipinski definition) is 5. The van der Waals surface area contributed by atoms with Gasteiger partial charge in [-0.2, -0.15) is 0 Å². The number of nitrogens with one attached hydrogen (secondary N) is 1. The van der Waals surface area contributed by atoms with Crippen molar-refractivity contribution >= 4 is 16.7 Å². The van der Waals surface area contributed by atoms with E-state index in [4.69, 9.17) is 0 Å². The van der Waals surface area contributed by atoms with E-state index in [1.807, 2.05) is 60.8 Å². The van der Waals surface area contributed by atoms with Crippen LogP contribution in [0, 0.1) is 0 Å². The van der Waals surface area contributed by atoms with E-state index in [9.17, 15) is 0 Å². The zero-order chi connectivity index (χ0) is 16.2. The highest BCUT2D eigenvalue weighted by molar-refractivity contribution is 5.90. The monoisotopic (exact) mass is 313 g/mol. The van der Waals surface area contributed by atoms with Gasteiger partial charge in [-0.25, -0.2) is 9.97 Å². The molecule has 0 unspecified atom stereocenters. The Balaban J connectivity index is 1.75. The molecule has 0 aliphatic rings. The number of hydrogen-bond donors (Lipinski definition) is 1. The molecule has 0 amide bonds. The Hall–Kier alpha value is -3.34. The second-order valence-corrected chi connectivity index (χ2v) is 5.34. The van der Waals surface area contributed by atoms with Crippen molar-refractivity contribution in [1.29, 1.82) is 0 Å². The molecule has 0 atom stereocenters. The first kappa shape index (κ1) is 14.3. The van der Waals surface area contributed by atoms with Crippen molar-refractivity contribution in [3.05, 3.63) is 78.8 Å². The number of nitrogens with zero attached hydrogens (tertiary/aromatic N) is 4. The van der Waals surface area contributed by atoms with Crippen LogP contribution in [0.3, 0.4) is 0 Å². The minimum Gasteiger partial charge on any atom is -0.365 e. The summed E-state index contributed by atoms with van der Waals surface area (Å²) in [5, 5.41) is 4.38. The van der Waals surface area contributed by atoms with E-state index in [0.29, 0.717) is 12.4 Å². The largest absolute Gasteiger partial charge is 0.365 e. The average molecular weight is 313 g/mol. The van der Waals surface area contributed by atoms with Crippen molar-refractivity contribution in [2.45, 2.75) is 6.54 Å². The van der Waals surface area contributed by atoms with Crippen LogP contribution in [0.4, 0.5) is 5.82 Å². The maximum atomic E-state index is 4.68. The van der Waals surface area contributed by atoms with Gasteiger partial charge in [0.2, 0.25) is 0 Å². The third-order valence-electron chi connectivity index (χ3n) is 3.68. The van der Waals surface area contributed by atoms with Crippen molar-refractivity contribution < 1.29 is 0 Å². The predicted octanol–water partition coefficient (Wildman–Crippen LogP) is 3.70. The van der Waals surface area contributed by atoms with Gasteiger partial charge >= 0.3 is 0 Å². The molecular weight excluding hydrogens is 298 g/mol. The fourth-order valence-electron chi connectivity index (χ4n) is 2.51. The molecule has 5 nitrogen and oxygen atoms in total. The number of benzene rings is 1. The third kappa shape index (κ3) is 2.92. The van der Waals surface area contributed by atoms with Crippen molar-refractivity contribution in [3.63, 3.8) is 0 Å². The molecule has 0 aliphatic heterocycles. The number of aromatic nitrogens is 4. The molecule has 0 radical (unpaired) electrons. The molecule has 3 heterocycles. The van der Waals surface area contributed by atoms with Crippen LogP contribution in [0.15, 0.2) is 73.2 Å². The van der Waals surface area contributed by atoms with E-state index in [1.165, 1.54) is 0 Å². The summed E-state index contributed by atoms with van der Waals surface area (Å²) in [6, 6.07) is 17.6. The minimum atomic E-state index is 0.614. The van der Waals surface area contributed by atoms with Gasteiger partial charge in [-0.05, 0) is 35.9 Å². The minimum absolute atomic E-state index is 0.614. The number of rotatable bonds is 4. The Morgan fingerprint density at radius 3 is 2.58 bits per heavy atom. The van der Waals surface area contributed by atoms with Crippen molar-refractivity contribution in [3.8, 4) is 11.5 Å². The molecule has 4 aromatic rings. The Kier molecular flexibility index (Phi) is 3.81. The molecule has 0 bridgehead atoms. The normalized spacial score (nSPS) is 10.7. The van der Waals surface area contributed by atoms with Gasteiger partial charge in [0.05, 0.1) is 5.52 Å². The van der Waals surface area contributed by atoms with Crippen LogP contribution >= 0.6 is 0 Å². The first-order chi connectivity index (χ1) is 11.9. The predicted molar refractivity (Wildman–Crippen MR) is 94.3 cm³/mol. The van der Waals surface area contributed by atoms with Crippen molar-refractivity contribution in [2.75, 3.05) is 5.32 Å². The standard InChI is InChI=1S/C19H15N5/c1-2-8-16-15(7-1)18(22-13-14-6-5-10-20-12-14)24-19(23-16)17-9-3-4-11-21-17/h1-12H,13H2,(H,22,23,24). The quantitative estimate of drug-likeness (QED) is 0.622. The van der Waals surface area contributed by atoms with Crippen molar-refractivity contribution in [1.82, 2.24) is 19.9 Å². The van der Waals surface area contributed by atoms with E-state index in [0.717, 1.165) is 28.0 Å². The van der Waals surface area contributed by atoms with Crippen LogP contribution in [0.2, 0.25) is 0 Å². The van der Waals surface area contributed by atoms with Gasteiger partial charge in [0.25, 0.3) is 0 Å². The van der Waals surface area contributed by atoms with Crippen LogP contribution in [0.1, 0.15) is 5.56 Å². The Morgan fingerprint density at radius 2 is 1.75 bits per heavy atom. The highest BCUT2D eigenvalue weighted by Crippen LogP contribution is 2.24. The molecular formula is C19H15N5. The van der Waals surface area contributed by atoms with Gasteiger partial charge in [-0.1, -0.05) is 24.3 Å². The number of para-hydroxylation sites is 1. The fraction of sp³-hybridized carbons (Fsp3) is 0.0526. The molecule has 0 aliphatic carbocycles. The SMILES string of the molecule is c1ccc(-c2nc(NCc3cccnc3)c3ccccc3n2)nc1. The second-order valence-electron chi connectivity index (χ2n) is 5.34. The van der Waals surface area contributed by atoms with Crippen LogP contribution in [-0.2, 0) is 6.54 Å². The maximum Gasteiger partial charge on any atom is 0.180 e. The highest BCUT2D eigenvalue weighted by atomic mass is 15.0. The average Bonchev–Trinajstić information content (AvgIpc) is 2.67. The first-order valence-electron chi connectivity index (χ1n) is 7.71. The molecule has 5 heteroatoms. The van der Waals surface area contributed by atoms with Gasteiger partial charge < -0.3 is 5.32 Å². The van der Waals surface area contributed by atoms with E-state index in [1.54, 1.807) is 12.4 Å². The van der Waals surface area contributed by atoms with Gasteiger partial charge in [0, 0.05) is 30.5 Å². The molecule has 0 saturated carbocycles. The number of anilines is 1. The number of pyridine rings is 2. The lowest BCUT2D eigenvalue weighted by Crippen LogP contribution is -2.04. The topological polar surface area (TPSA) is 63.6 Å². The van der Waals surface area contributed by atoms with Crippen LogP contribution < -0.4 is 5.32 Å². The smallest absolute Gasteiger partial charge is 0.180 e. The van der Waals surface area contributed by atoms with Gasteiger partial charge in [-0.15, -0.1) is 0 Å². The molecule has 0 fully saturated rings. The van der Waals surface area contributed by atoms with E-state index < -0.39 is 0 Å². The zero-order valence-corrected chi connectivity index (χ0v) is 12.9. The number of fused-ring (bicyclic) bond motifs is 1. The van der Waals surface area contributed by atoms with Crippen LogP contribution in [-0.4, -0.2) is 19.9 Å². The second kappa shape index (κ2) is 6.42. The lowest BCUT2D eigenvalue weighted by molar-refractivity contribution is 1.08. The molecule has 1 N–H and O–H groups in total. The van der Waals surface area contributed by atoms with E-state index >= 15 is 0 Å². The molecule has 116 valence electrons. The Bertz CT molecular complexity index is 955. The summed E-state index contributed by atoms with van der Waals surface area (Å²) < 4.78 is 0. The van der Waals surface area contributed by atoms with Crippen LogP contribution in [0.25, 0.3) is 22.4 Å². The summed E-state index contributed by atoms with van der Waals surface area (Å²) in [6.07, 6.45) is 5.36. The summed E-state index contributed by atoms with van der Waals surface area (Å²) in [4.78, 5) is 17.8. The lowest BCUT2D eigenvalue weighted by Gasteiger charge is -2.10. The van der Waals surface area contributed by atoms with Gasteiger partial charge in [-0.3, -0.25) is 9.97 Å². The first-order valence-corrected chi connectivity index (χ1v) is 7.71.